The molecule has 0 spiro atoms. The lowest BCUT2D eigenvalue weighted by atomic mass is 9.97. The van der Waals surface area contributed by atoms with E-state index < -0.39 is 18.0 Å². The predicted octanol–water partition coefficient (Wildman–Crippen LogP) is 1.00. The minimum Gasteiger partial charge on any atom is -0.476 e. The van der Waals surface area contributed by atoms with E-state index in [0.717, 1.165) is 0 Å². The minimum atomic E-state index is -0.862. The van der Waals surface area contributed by atoms with Gasteiger partial charge >= 0.3 is 5.97 Å². The Kier molecular flexibility index (Phi) is 3.69. The maximum Gasteiger partial charge on any atom is 0.312 e. The highest BCUT2D eigenvalue weighted by Gasteiger charge is 2.41. The fraction of sp³-hybridized carbons (Fsp3) is 0.462. The van der Waals surface area contributed by atoms with E-state index in [1.54, 1.807) is 25.4 Å². The fourth-order valence-electron chi connectivity index (χ4n) is 2.12. The number of methoxy groups -OCH3 is 1. The van der Waals surface area contributed by atoms with Crippen LogP contribution in [-0.4, -0.2) is 37.1 Å². The zero-order valence-corrected chi connectivity index (χ0v) is 11.1. The van der Waals surface area contributed by atoms with Crippen molar-refractivity contribution >= 4 is 17.7 Å². The minimum absolute atomic E-state index is 0.288. The number of fused-ring (bicyclic) bond motifs is 1. The van der Waals surface area contributed by atoms with Crippen LogP contribution in [0, 0.1) is 5.92 Å². The van der Waals surface area contributed by atoms with Crippen molar-refractivity contribution in [3.05, 3.63) is 18.3 Å². The van der Waals surface area contributed by atoms with Gasteiger partial charge in [-0.15, -0.1) is 0 Å². The van der Waals surface area contributed by atoms with Gasteiger partial charge in [0.1, 0.15) is 5.92 Å². The number of hydrogen-bond acceptors (Lipinski definition) is 5. The van der Waals surface area contributed by atoms with Crippen molar-refractivity contribution < 1.29 is 19.1 Å². The topological polar surface area (TPSA) is 68.7 Å². The molecule has 1 aliphatic rings. The van der Waals surface area contributed by atoms with Crippen LogP contribution in [-0.2, 0) is 14.3 Å². The van der Waals surface area contributed by atoms with Gasteiger partial charge in [0, 0.05) is 13.2 Å². The second-order valence-electron chi connectivity index (χ2n) is 4.30. The number of amides is 1. The lowest BCUT2D eigenvalue weighted by Gasteiger charge is -2.33. The molecule has 2 heterocycles. The van der Waals surface area contributed by atoms with Crippen LogP contribution < -0.4 is 9.64 Å². The summed E-state index contributed by atoms with van der Waals surface area (Å²) in [5, 5.41) is 0. The Balaban J connectivity index is 2.34. The summed E-state index contributed by atoms with van der Waals surface area (Å²) in [6, 6.07) is 3.45. The third-order valence-electron chi connectivity index (χ3n) is 3.21. The maximum atomic E-state index is 12.3. The highest BCUT2D eigenvalue weighted by atomic mass is 16.5. The summed E-state index contributed by atoms with van der Waals surface area (Å²) in [5.74, 6) is -0.390. The Hall–Kier alpha value is -2.11. The predicted molar refractivity (Wildman–Crippen MR) is 67.9 cm³/mol. The largest absolute Gasteiger partial charge is 0.476 e. The van der Waals surface area contributed by atoms with Crippen LogP contribution in [0.5, 0.6) is 5.75 Å². The lowest BCUT2D eigenvalue weighted by molar-refractivity contribution is -0.152. The Morgan fingerprint density at radius 3 is 3.00 bits per heavy atom. The summed E-state index contributed by atoms with van der Waals surface area (Å²) >= 11 is 0. The van der Waals surface area contributed by atoms with Crippen LogP contribution in [0.4, 0.5) is 5.82 Å². The van der Waals surface area contributed by atoms with Gasteiger partial charge in [-0.2, -0.15) is 0 Å². The zero-order chi connectivity index (χ0) is 14.0. The SMILES string of the molecule is CCC(C(=O)OC)C1Oc2cccnc2N(C)C1=O. The molecule has 0 fully saturated rings. The summed E-state index contributed by atoms with van der Waals surface area (Å²) in [5.41, 5.74) is 0. The molecule has 2 unspecified atom stereocenters. The fourth-order valence-corrected chi connectivity index (χ4v) is 2.12. The molecule has 1 amide bonds. The molecule has 6 heteroatoms. The number of hydrogen-bond donors (Lipinski definition) is 0. The van der Waals surface area contributed by atoms with Crippen molar-refractivity contribution in [3.8, 4) is 5.75 Å². The van der Waals surface area contributed by atoms with Crippen molar-refractivity contribution in [1.82, 2.24) is 4.98 Å². The van der Waals surface area contributed by atoms with Crippen LogP contribution in [0.3, 0.4) is 0 Å². The quantitative estimate of drug-likeness (QED) is 0.762. The van der Waals surface area contributed by atoms with Crippen molar-refractivity contribution in [2.24, 2.45) is 5.92 Å². The van der Waals surface area contributed by atoms with Gasteiger partial charge in [-0.1, -0.05) is 6.92 Å². The second kappa shape index (κ2) is 5.26. The number of esters is 1. The average molecular weight is 264 g/mol. The number of rotatable bonds is 3. The van der Waals surface area contributed by atoms with E-state index in [1.807, 2.05) is 6.92 Å². The molecule has 19 heavy (non-hydrogen) atoms. The molecule has 1 aromatic heterocycles. The molecule has 0 bridgehead atoms. The van der Waals surface area contributed by atoms with E-state index in [9.17, 15) is 9.59 Å². The normalized spacial score (nSPS) is 19.4. The van der Waals surface area contributed by atoms with Crippen molar-refractivity contribution in [2.45, 2.75) is 19.4 Å². The van der Waals surface area contributed by atoms with Gasteiger partial charge in [-0.05, 0) is 18.6 Å². The van der Waals surface area contributed by atoms with Crippen LogP contribution in [0.2, 0.25) is 0 Å². The third kappa shape index (κ3) is 2.25. The smallest absolute Gasteiger partial charge is 0.312 e. The van der Waals surface area contributed by atoms with Crippen molar-refractivity contribution in [3.63, 3.8) is 0 Å². The number of anilines is 1. The Bertz CT molecular complexity index is 503. The first-order chi connectivity index (χ1) is 9.10. The number of ether oxygens (including phenoxy) is 2. The summed E-state index contributed by atoms with van der Waals surface area (Å²) in [6.07, 6.45) is 1.19. The summed E-state index contributed by atoms with van der Waals surface area (Å²) < 4.78 is 10.4. The first-order valence-electron chi connectivity index (χ1n) is 6.07. The van der Waals surface area contributed by atoms with Crippen LogP contribution >= 0.6 is 0 Å². The Morgan fingerprint density at radius 2 is 2.37 bits per heavy atom. The molecular formula is C13H16N2O4. The van der Waals surface area contributed by atoms with Crippen molar-refractivity contribution in [1.29, 1.82) is 0 Å². The maximum absolute atomic E-state index is 12.3. The van der Waals surface area contributed by atoms with E-state index in [-0.39, 0.29) is 5.91 Å². The summed E-state index contributed by atoms with van der Waals surface area (Å²) in [4.78, 5) is 29.5. The lowest BCUT2D eigenvalue weighted by Crippen LogP contribution is -2.50. The molecule has 102 valence electrons. The van der Waals surface area contributed by atoms with Gasteiger partial charge in [0.2, 0.25) is 0 Å². The monoisotopic (exact) mass is 264 g/mol. The molecule has 1 aliphatic heterocycles. The third-order valence-corrected chi connectivity index (χ3v) is 3.21. The van der Waals surface area contributed by atoms with Gasteiger partial charge in [0.15, 0.2) is 17.7 Å². The number of likely N-dealkylation sites (N-methyl/N-ethyl adjacent to an activating group) is 1. The molecule has 2 atom stereocenters. The van der Waals surface area contributed by atoms with E-state index in [1.165, 1.54) is 12.0 Å². The molecule has 6 nitrogen and oxygen atoms in total. The van der Waals surface area contributed by atoms with Gasteiger partial charge in [0.25, 0.3) is 5.91 Å². The van der Waals surface area contributed by atoms with Gasteiger partial charge in [-0.3, -0.25) is 14.5 Å². The molecule has 2 rings (SSSR count). The zero-order valence-electron chi connectivity index (χ0n) is 11.1. The highest BCUT2D eigenvalue weighted by Crippen LogP contribution is 2.33. The van der Waals surface area contributed by atoms with Crippen LogP contribution in [0.25, 0.3) is 0 Å². The first kappa shape index (κ1) is 13.3. The van der Waals surface area contributed by atoms with E-state index in [2.05, 4.69) is 4.98 Å². The molecule has 0 saturated heterocycles. The van der Waals surface area contributed by atoms with Gasteiger partial charge in [0.05, 0.1) is 7.11 Å². The standard InChI is InChI=1S/C13H16N2O4/c1-4-8(13(17)18-3)10-12(16)15(2)11-9(19-10)6-5-7-14-11/h5-8,10H,4H2,1-3H3. The Morgan fingerprint density at radius 1 is 1.63 bits per heavy atom. The average Bonchev–Trinajstić information content (AvgIpc) is 2.44. The van der Waals surface area contributed by atoms with E-state index in [0.29, 0.717) is 18.0 Å². The molecule has 0 aromatic carbocycles. The Labute approximate surface area is 111 Å². The number of carbonyl (C=O) groups excluding carboxylic acids is 2. The summed E-state index contributed by atoms with van der Waals surface area (Å²) in [6.45, 7) is 1.82. The number of carbonyl (C=O) groups is 2. The molecule has 0 N–H and O–H groups in total. The molecule has 1 aromatic rings. The summed E-state index contributed by atoms with van der Waals surface area (Å²) in [7, 11) is 2.92. The molecular weight excluding hydrogens is 248 g/mol. The van der Waals surface area contributed by atoms with Crippen LogP contribution in [0.1, 0.15) is 13.3 Å². The second-order valence-corrected chi connectivity index (χ2v) is 4.30. The van der Waals surface area contributed by atoms with E-state index >= 15 is 0 Å². The van der Waals surface area contributed by atoms with Crippen molar-refractivity contribution in [2.75, 3.05) is 19.1 Å². The molecule has 0 aliphatic carbocycles. The first-order valence-corrected chi connectivity index (χ1v) is 6.07. The van der Waals surface area contributed by atoms with Gasteiger partial charge < -0.3 is 9.47 Å². The van der Waals surface area contributed by atoms with E-state index in [4.69, 9.17) is 9.47 Å². The highest BCUT2D eigenvalue weighted by molar-refractivity contribution is 6.00. The molecule has 0 radical (unpaired) electrons. The molecule has 0 saturated carbocycles. The number of aromatic nitrogens is 1. The number of pyridine rings is 1. The van der Waals surface area contributed by atoms with Gasteiger partial charge in [-0.25, -0.2) is 4.98 Å². The number of nitrogens with zero attached hydrogens (tertiary/aromatic N) is 2. The van der Waals surface area contributed by atoms with Crippen LogP contribution in [0.15, 0.2) is 18.3 Å².